The number of nitrogens with zero attached hydrogens (tertiary/aromatic N) is 2. The zero-order valence-electron chi connectivity index (χ0n) is 14.5. The summed E-state index contributed by atoms with van der Waals surface area (Å²) in [6.07, 6.45) is 8.49. The third-order valence-corrected chi connectivity index (χ3v) is 4.61. The van der Waals surface area contributed by atoms with E-state index in [1.165, 1.54) is 24.1 Å². The van der Waals surface area contributed by atoms with Gasteiger partial charge in [0.15, 0.2) is 0 Å². The highest BCUT2D eigenvalue weighted by atomic mass is 127. The van der Waals surface area contributed by atoms with E-state index in [1.807, 2.05) is 6.07 Å². The molecule has 0 amide bonds. The fourth-order valence-electron chi connectivity index (χ4n) is 3.02. The molecule has 2 aliphatic carbocycles. The lowest BCUT2D eigenvalue weighted by molar-refractivity contribution is 0.475. The average Bonchev–Trinajstić information content (AvgIpc) is 3.48. The maximum absolute atomic E-state index is 9.24. The number of nitrogens with one attached hydrogen (secondary N) is 1. The number of nitriles is 1. The maximum atomic E-state index is 9.24. The molecule has 0 aliphatic heterocycles. The Balaban J connectivity index is 0.000000252. The van der Waals surface area contributed by atoms with Gasteiger partial charge in [-0.15, -0.1) is 24.0 Å². The fraction of sp³-hybridized carbons (Fsp3) is 0.350. The van der Waals surface area contributed by atoms with Gasteiger partial charge >= 0.3 is 0 Å². The molecule has 1 heterocycles. The predicted octanol–water partition coefficient (Wildman–Crippen LogP) is 4.45. The molecule has 5 nitrogen and oxygen atoms in total. The van der Waals surface area contributed by atoms with E-state index in [9.17, 15) is 5.11 Å². The first-order valence-electron chi connectivity index (χ1n) is 8.63. The lowest BCUT2D eigenvalue weighted by Gasteiger charge is -2.13. The highest BCUT2D eigenvalue weighted by Crippen LogP contribution is 2.34. The molecular weight excluding hydrogens is 439 g/mol. The molecule has 26 heavy (non-hydrogen) atoms. The molecule has 0 radical (unpaired) electrons. The number of anilines is 1. The Morgan fingerprint density at radius 1 is 1.27 bits per heavy atom. The van der Waals surface area contributed by atoms with Crippen molar-refractivity contribution in [3.8, 4) is 11.8 Å². The summed E-state index contributed by atoms with van der Waals surface area (Å²) in [5.41, 5.74) is 10.7. The van der Waals surface area contributed by atoms with Gasteiger partial charge < -0.3 is 16.2 Å². The van der Waals surface area contributed by atoms with Crippen molar-refractivity contribution in [1.29, 1.82) is 10.7 Å². The number of phenols is 1. The fourth-order valence-corrected chi connectivity index (χ4v) is 3.02. The van der Waals surface area contributed by atoms with Gasteiger partial charge in [0.1, 0.15) is 11.8 Å². The predicted molar refractivity (Wildman–Crippen MR) is 115 cm³/mol. The largest absolute Gasteiger partial charge is 0.508 e. The Hall–Kier alpha value is -2.14. The SMILES string of the molecule is I.N#Cc1cnc2c(c1)CCCC2.N=C(c1cc(O)ccc1N)C1CC1.[HH]. The summed E-state index contributed by atoms with van der Waals surface area (Å²) < 4.78 is 0. The molecule has 1 saturated carbocycles. The number of aromatic hydroxyl groups is 1. The number of rotatable bonds is 2. The van der Waals surface area contributed by atoms with Crippen LogP contribution in [0, 0.1) is 22.7 Å². The first kappa shape index (κ1) is 20.2. The molecule has 0 spiro atoms. The highest BCUT2D eigenvalue weighted by Gasteiger charge is 2.28. The van der Waals surface area contributed by atoms with E-state index >= 15 is 0 Å². The number of aromatic nitrogens is 1. The Labute approximate surface area is 172 Å². The minimum atomic E-state index is 0. The van der Waals surface area contributed by atoms with Crippen LogP contribution in [0.5, 0.6) is 5.75 Å². The number of benzene rings is 1. The topological polar surface area (TPSA) is 107 Å². The number of pyridine rings is 1. The van der Waals surface area contributed by atoms with Crippen molar-refractivity contribution in [2.75, 3.05) is 5.73 Å². The van der Waals surface area contributed by atoms with Crippen molar-refractivity contribution in [3.05, 3.63) is 52.8 Å². The molecule has 1 aromatic carbocycles. The smallest absolute Gasteiger partial charge is 0.116 e. The first-order chi connectivity index (χ1) is 12.1. The van der Waals surface area contributed by atoms with Crippen LogP contribution >= 0.6 is 24.0 Å². The van der Waals surface area contributed by atoms with E-state index in [4.69, 9.17) is 16.4 Å². The molecule has 6 heteroatoms. The molecule has 4 rings (SSSR count). The van der Waals surface area contributed by atoms with Crippen LogP contribution in [-0.4, -0.2) is 15.8 Å². The van der Waals surface area contributed by atoms with Gasteiger partial charge in [-0.25, -0.2) is 0 Å². The second kappa shape index (κ2) is 8.99. The molecule has 4 N–H and O–H groups in total. The van der Waals surface area contributed by atoms with Crippen LogP contribution in [0.2, 0.25) is 0 Å². The van der Waals surface area contributed by atoms with Crippen LogP contribution < -0.4 is 5.73 Å². The molecule has 0 saturated heterocycles. The molecule has 1 aromatic heterocycles. The van der Waals surface area contributed by atoms with Crippen molar-refractivity contribution >= 4 is 35.4 Å². The lowest BCUT2D eigenvalue weighted by Crippen LogP contribution is -2.05. The van der Waals surface area contributed by atoms with Crippen LogP contribution in [-0.2, 0) is 12.8 Å². The lowest BCUT2D eigenvalue weighted by atomic mass is 9.95. The van der Waals surface area contributed by atoms with Gasteiger partial charge in [-0.2, -0.15) is 5.26 Å². The number of aryl methyl sites for hydroxylation is 2. The molecule has 0 atom stereocenters. The van der Waals surface area contributed by atoms with Crippen LogP contribution in [0.1, 0.15) is 49.5 Å². The van der Waals surface area contributed by atoms with Gasteiger partial charge in [-0.3, -0.25) is 4.98 Å². The zero-order chi connectivity index (χ0) is 17.8. The Bertz CT molecular complexity index is 846. The van der Waals surface area contributed by atoms with Gasteiger partial charge in [0, 0.05) is 36.2 Å². The molecular formula is C20H25IN4O. The Kier molecular flexibility index (Phi) is 6.98. The molecule has 2 aromatic rings. The number of hydrogen-bond acceptors (Lipinski definition) is 5. The van der Waals surface area contributed by atoms with Crippen molar-refractivity contribution in [2.45, 2.75) is 38.5 Å². The second-order valence-corrected chi connectivity index (χ2v) is 6.61. The van der Waals surface area contributed by atoms with Crippen LogP contribution in [0.3, 0.4) is 0 Å². The number of nitrogens with two attached hydrogens (primary N) is 1. The van der Waals surface area contributed by atoms with Gasteiger partial charge in [-0.05, 0) is 68.4 Å². The van der Waals surface area contributed by atoms with Crippen LogP contribution in [0.15, 0.2) is 30.5 Å². The zero-order valence-corrected chi connectivity index (χ0v) is 16.9. The van der Waals surface area contributed by atoms with E-state index < -0.39 is 0 Å². The van der Waals surface area contributed by atoms with Gasteiger partial charge in [-0.1, -0.05) is 0 Å². The highest BCUT2D eigenvalue weighted by molar-refractivity contribution is 14.0. The molecule has 138 valence electrons. The van der Waals surface area contributed by atoms with Gasteiger partial charge in [0.2, 0.25) is 0 Å². The Morgan fingerprint density at radius 3 is 2.69 bits per heavy atom. The van der Waals surface area contributed by atoms with Crippen LogP contribution in [0.4, 0.5) is 5.69 Å². The molecule has 2 aliphatic rings. The first-order valence-corrected chi connectivity index (χ1v) is 8.63. The summed E-state index contributed by atoms with van der Waals surface area (Å²) in [6.45, 7) is 0. The maximum Gasteiger partial charge on any atom is 0.116 e. The number of fused-ring (bicyclic) bond motifs is 1. The van der Waals surface area contributed by atoms with Gasteiger partial charge in [0.05, 0.1) is 5.56 Å². The van der Waals surface area contributed by atoms with Crippen molar-refractivity contribution < 1.29 is 6.53 Å². The number of nitrogen functional groups attached to an aromatic ring is 1. The normalized spacial score (nSPS) is 14.7. The monoisotopic (exact) mass is 464 g/mol. The molecule has 0 unspecified atom stereocenters. The minimum Gasteiger partial charge on any atom is -0.508 e. The third-order valence-electron chi connectivity index (χ3n) is 4.61. The van der Waals surface area contributed by atoms with E-state index in [1.54, 1.807) is 24.4 Å². The third kappa shape index (κ3) is 4.94. The number of halogens is 1. The summed E-state index contributed by atoms with van der Waals surface area (Å²) >= 11 is 0. The Morgan fingerprint density at radius 2 is 2.00 bits per heavy atom. The van der Waals surface area contributed by atoms with E-state index in [-0.39, 0.29) is 31.2 Å². The van der Waals surface area contributed by atoms with Crippen molar-refractivity contribution in [2.24, 2.45) is 5.92 Å². The summed E-state index contributed by atoms with van der Waals surface area (Å²) in [6, 6.07) is 8.83. The minimum absolute atomic E-state index is 0. The van der Waals surface area contributed by atoms with E-state index in [0.717, 1.165) is 25.7 Å². The van der Waals surface area contributed by atoms with E-state index in [2.05, 4.69) is 11.1 Å². The molecule has 1 fully saturated rings. The second-order valence-electron chi connectivity index (χ2n) is 6.61. The average molecular weight is 464 g/mol. The summed E-state index contributed by atoms with van der Waals surface area (Å²) in [4.78, 5) is 4.27. The summed E-state index contributed by atoms with van der Waals surface area (Å²) in [7, 11) is 0. The quantitative estimate of drug-likeness (QED) is 0.264. The number of hydrogen-bond donors (Lipinski definition) is 3. The van der Waals surface area contributed by atoms with Crippen molar-refractivity contribution in [3.63, 3.8) is 0 Å². The standard InChI is InChI=1S/C10H12N2O.C10H10N2.HI.H2/c11-9-4-3-7(13)5-8(9)10(12)6-1-2-6;11-6-8-5-9-3-1-2-4-10(9)12-7-8;;/h3-6,12-13H,1-2,11H2;5,7H,1-4H2;2*1H. The van der Waals surface area contributed by atoms with Crippen LogP contribution in [0.25, 0.3) is 0 Å². The summed E-state index contributed by atoms with van der Waals surface area (Å²) in [5.74, 6) is 0.540. The van der Waals surface area contributed by atoms with Crippen molar-refractivity contribution in [1.82, 2.24) is 4.98 Å². The summed E-state index contributed by atoms with van der Waals surface area (Å²) in [5, 5.41) is 25.7. The van der Waals surface area contributed by atoms with Gasteiger partial charge in [0.25, 0.3) is 0 Å². The molecule has 0 bridgehead atoms. The number of phenolic OH excluding ortho intramolecular Hbond substituents is 1. The van der Waals surface area contributed by atoms with E-state index in [0.29, 0.717) is 28.4 Å².